The third-order valence-electron chi connectivity index (χ3n) is 4.01. The van der Waals surface area contributed by atoms with Crippen LogP contribution in [0.15, 0.2) is 29.3 Å². The first-order valence-electron chi connectivity index (χ1n) is 9.22. The molecule has 1 unspecified atom stereocenters. The highest BCUT2D eigenvalue weighted by atomic mass is 127. The number of ether oxygens (including phenoxy) is 1. The standard InChI is InChI=1S/C19H29F3N4O2.HI/c1-4-23-18(26-13-17(27)24-10-11-28-3)25-9-8-14(2)15-6-5-7-16(12-15)19(20,21)22;/h5-7,12,14H,4,8-11,13H2,1-3H3,(H,24,27)(H2,23,25,26);1H. The first-order valence-corrected chi connectivity index (χ1v) is 9.22. The number of hydrogen-bond acceptors (Lipinski definition) is 3. The third-order valence-corrected chi connectivity index (χ3v) is 4.01. The van der Waals surface area contributed by atoms with Crippen LogP contribution in [-0.2, 0) is 15.7 Å². The molecule has 0 aromatic heterocycles. The Balaban J connectivity index is 0.00000784. The maximum atomic E-state index is 12.8. The van der Waals surface area contributed by atoms with Crippen molar-refractivity contribution in [2.24, 2.45) is 4.99 Å². The minimum atomic E-state index is -4.34. The molecule has 0 spiro atoms. The third kappa shape index (κ3) is 11.3. The highest BCUT2D eigenvalue weighted by Gasteiger charge is 2.30. The van der Waals surface area contributed by atoms with Gasteiger partial charge in [0.25, 0.3) is 0 Å². The molecule has 3 N–H and O–H groups in total. The fourth-order valence-electron chi connectivity index (χ4n) is 2.44. The second-order valence-electron chi connectivity index (χ2n) is 6.28. The van der Waals surface area contributed by atoms with Gasteiger partial charge in [0, 0.05) is 26.7 Å². The molecule has 0 aliphatic heterocycles. The number of benzene rings is 1. The van der Waals surface area contributed by atoms with Crippen molar-refractivity contribution >= 4 is 35.8 Å². The van der Waals surface area contributed by atoms with Gasteiger partial charge in [-0.05, 0) is 30.9 Å². The molecule has 1 aromatic carbocycles. The molecular weight excluding hydrogens is 500 g/mol. The fraction of sp³-hybridized carbons (Fsp3) is 0.579. The Morgan fingerprint density at radius 1 is 1.21 bits per heavy atom. The van der Waals surface area contributed by atoms with Gasteiger partial charge in [-0.15, -0.1) is 24.0 Å². The number of methoxy groups -OCH3 is 1. The summed E-state index contributed by atoms with van der Waals surface area (Å²) in [6.45, 7) is 5.74. The number of alkyl halides is 3. The van der Waals surface area contributed by atoms with Crippen molar-refractivity contribution in [1.29, 1.82) is 0 Å². The lowest BCUT2D eigenvalue weighted by molar-refractivity contribution is -0.137. The predicted molar refractivity (Wildman–Crippen MR) is 119 cm³/mol. The van der Waals surface area contributed by atoms with E-state index in [0.717, 1.165) is 6.07 Å². The van der Waals surface area contributed by atoms with Crippen molar-refractivity contribution in [3.05, 3.63) is 35.4 Å². The van der Waals surface area contributed by atoms with Crippen molar-refractivity contribution < 1.29 is 22.7 Å². The number of hydrogen-bond donors (Lipinski definition) is 3. The van der Waals surface area contributed by atoms with E-state index in [0.29, 0.717) is 44.2 Å². The monoisotopic (exact) mass is 530 g/mol. The topological polar surface area (TPSA) is 74.8 Å². The highest BCUT2D eigenvalue weighted by Crippen LogP contribution is 2.31. The van der Waals surface area contributed by atoms with Crippen molar-refractivity contribution in [2.45, 2.75) is 32.4 Å². The lowest BCUT2D eigenvalue weighted by atomic mass is 9.96. The highest BCUT2D eigenvalue weighted by molar-refractivity contribution is 14.0. The summed E-state index contributed by atoms with van der Waals surface area (Å²) in [6.07, 6.45) is -3.73. The number of nitrogens with one attached hydrogen (secondary N) is 3. The Bertz CT molecular complexity index is 642. The fourth-order valence-corrected chi connectivity index (χ4v) is 2.44. The van der Waals surface area contributed by atoms with Crippen LogP contribution in [0, 0.1) is 0 Å². The molecule has 1 rings (SSSR count). The van der Waals surface area contributed by atoms with Crippen LogP contribution in [0.25, 0.3) is 0 Å². The average Bonchev–Trinajstić information content (AvgIpc) is 2.65. The number of guanidine groups is 1. The molecule has 166 valence electrons. The normalized spacial score (nSPS) is 12.7. The van der Waals surface area contributed by atoms with Crippen molar-refractivity contribution in [3.63, 3.8) is 0 Å². The molecule has 0 bridgehead atoms. The summed E-state index contributed by atoms with van der Waals surface area (Å²) in [5.74, 6) is 0.210. The Labute approximate surface area is 187 Å². The summed E-state index contributed by atoms with van der Waals surface area (Å²) < 4.78 is 43.4. The van der Waals surface area contributed by atoms with E-state index in [4.69, 9.17) is 4.74 Å². The maximum Gasteiger partial charge on any atom is 0.416 e. The van der Waals surface area contributed by atoms with E-state index < -0.39 is 11.7 Å². The largest absolute Gasteiger partial charge is 0.416 e. The van der Waals surface area contributed by atoms with E-state index in [1.807, 2.05) is 13.8 Å². The molecule has 10 heteroatoms. The first kappa shape index (κ1) is 27.4. The van der Waals surface area contributed by atoms with E-state index in [1.165, 1.54) is 12.1 Å². The maximum absolute atomic E-state index is 12.8. The van der Waals surface area contributed by atoms with Crippen LogP contribution < -0.4 is 16.0 Å². The number of amides is 1. The van der Waals surface area contributed by atoms with Crippen LogP contribution in [0.5, 0.6) is 0 Å². The summed E-state index contributed by atoms with van der Waals surface area (Å²) in [6, 6.07) is 5.38. The van der Waals surface area contributed by atoms with Crippen LogP contribution in [-0.4, -0.2) is 51.8 Å². The molecular formula is C19H30F3IN4O2. The van der Waals surface area contributed by atoms with Gasteiger partial charge in [-0.3, -0.25) is 4.79 Å². The molecule has 29 heavy (non-hydrogen) atoms. The Kier molecular flexibility index (Phi) is 13.7. The number of halogens is 4. The van der Waals surface area contributed by atoms with Gasteiger partial charge in [-0.1, -0.05) is 25.1 Å². The second-order valence-corrected chi connectivity index (χ2v) is 6.28. The van der Waals surface area contributed by atoms with Gasteiger partial charge in [-0.25, -0.2) is 4.99 Å². The number of rotatable bonds is 10. The number of aliphatic imine (C=N–C) groups is 1. The van der Waals surface area contributed by atoms with Gasteiger partial charge >= 0.3 is 6.18 Å². The van der Waals surface area contributed by atoms with Gasteiger partial charge < -0.3 is 20.7 Å². The van der Waals surface area contributed by atoms with E-state index >= 15 is 0 Å². The van der Waals surface area contributed by atoms with E-state index in [9.17, 15) is 18.0 Å². The average molecular weight is 530 g/mol. The molecule has 1 aromatic rings. The molecule has 0 aliphatic rings. The Hall–Kier alpha value is -1.56. The lowest BCUT2D eigenvalue weighted by Gasteiger charge is -2.16. The summed E-state index contributed by atoms with van der Waals surface area (Å²) in [5, 5.41) is 8.81. The summed E-state index contributed by atoms with van der Waals surface area (Å²) in [4.78, 5) is 15.9. The van der Waals surface area contributed by atoms with Crippen LogP contribution in [0.4, 0.5) is 13.2 Å². The summed E-state index contributed by atoms with van der Waals surface area (Å²) in [5.41, 5.74) is -0.00437. The van der Waals surface area contributed by atoms with Crippen LogP contribution >= 0.6 is 24.0 Å². The number of nitrogens with zero attached hydrogens (tertiary/aromatic N) is 1. The molecule has 0 saturated carbocycles. The van der Waals surface area contributed by atoms with E-state index in [-0.39, 0.29) is 42.3 Å². The van der Waals surface area contributed by atoms with Crippen LogP contribution in [0.1, 0.15) is 37.3 Å². The van der Waals surface area contributed by atoms with Gasteiger partial charge in [0.15, 0.2) is 5.96 Å². The zero-order valence-electron chi connectivity index (χ0n) is 16.9. The molecule has 0 saturated heterocycles. The molecule has 0 heterocycles. The Morgan fingerprint density at radius 2 is 1.93 bits per heavy atom. The SMILES string of the molecule is CCNC(=NCC(=O)NCCOC)NCCC(C)c1cccc(C(F)(F)F)c1.I. The molecule has 0 aliphatic carbocycles. The quantitative estimate of drug-likeness (QED) is 0.188. The molecule has 1 atom stereocenters. The lowest BCUT2D eigenvalue weighted by Crippen LogP contribution is -2.39. The predicted octanol–water partition coefficient (Wildman–Crippen LogP) is 3.13. The van der Waals surface area contributed by atoms with Gasteiger partial charge in [0.2, 0.25) is 5.91 Å². The van der Waals surface area contributed by atoms with Crippen LogP contribution in [0.3, 0.4) is 0 Å². The minimum Gasteiger partial charge on any atom is -0.383 e. The zero-order valence-corrected chi connectivity index (χ0v) is 19.3. The Morgan fingerprint density at radius 3 is 2.55 bits per heavy atom. The van der Waals surface area contributed by atoms with Gasteiger partial charge in [-0.2, -0.15) is 13.2 Å². The molecule has 1 amide bonds. The number of carbonyl (C=O) groups is 1. The van der Waals surface area contributed by atoms with E-state index in [2.05, 4.69) is 20.9 Å². The van der Waals surface area contributed by atoms with Crippen molar-refractivity contribution in [2.75, 3.05) is 39.9 Å². The minimum absolute atomic E-state index is 0. The van der Waals surface area contributed by atoms with E-state index in [1.54, 1.807) is 13.2 Å². The molecule has 0 radical (unpaired) electrons. The smallest absolute Gasteiger partial charge is 0.383 e. The second kappa shape index (κ2) is 14.4. The van der Waals surface area contributed by atoms with Gasteiger partial charge in [0.1, 0.15) is 6.54 Å². The van der Waals surface area contributed by atoms with Gasteiger partial charge in [0.05, 0.1) is 12.2 Å². The summed E-state index contributed by atoms with van der Waals surface area (Å²) >= 11 is 0. The first-order chi connectivity index (χ1) is 13.3. The van der Waals surface area contributed by atoms with Crippen molar-refractivity contribution in [3.8, 4) is 0 Å². The molecule has 0 fully saturated rings. The number of carbonyl (C=O) groups excluding carboxylic acids is 1. The van der Waals surface area contributed by atoms with Crippen molar-refractivity contribution in [1.82, 2.24) is 16.0 Å². The van der Waals surface area contributed by atoms with Crippen LogP contribution in [0.2, 0.25) is 0 Å². The molecule has 6 nitrogen and oxygen atoms in total. The summed E-state index contributed by atoms with van der Waals surface area (Å²) in [7, 11) is 1.55. The zero-order chi connectivity index (χ0) is 21.0.